The first-order valence-electron chi connectivity index (χ1n) is 8.03. The van der Waals surface area contributed by atoms with Gasteiger partial charge in [-0.25, -0.2) is 0 Å². The number of thiophene rings is 1. The Hall–Kier alpha value is -1.87. The molecule has 1 fully saturated rings. The maximum Gasteiger partial charge on any atom is 0.494 e. The molecule has 5 heteroatoms. The molecule has 0 radical (unpaired) electrons. The van der Waals surface area contributed by atoms with Gasteiger partial charge in [0.05, 0.1) is 22.8 Å². The zero-order valence-electron chi connectivity index (χ0n) is 14.2. The lowest BCUT2D eigenvalue weighted by molar-refractivity contribution is 0.00578. The van der Waals surface area contributed by atoms with E-state index in [1.807, 2.05) is 18.2 Å². The van der Waals surface area contributed by atoms with Crippen molar-refractivity contribution in [2.24, 2.45) is 0 Å². The molecule has 0 aliphatic carbocycles. The Balaban J connectivity index is 1.84. The average Bonchev–Trinajstić information content (AvgIpc) is 3.00. The average molecular weight is 335 g/mol. The van der Waals surface area contributed by atoms with Crippen molar-refractivity contribution in [2.75, 3.05) is 0 Å². The van der Waals surface area contributed by atoms with Crippen LogP contribution in [0.15, 0.2) is 36.4 Å². The molecule has 120 valence electrons. The van der Waals surface area contributed by atoms with Gasteiger partial charge in [-0.1, -0.05) is 12.1 Å². The summed E-state index contributed by atoms with van der Waals surface area (Å²) in [5.74, 6) is 0. The predicted octanol–water partition coefficient (Wildman–Crippen LogP) is 4.23. The zero-order chi connectivity index (χ0) is 17.1. The van der Waals surface area contributed by atoms with Crippen molar-refractivity contribution in [3.05, 3.63) is 42.0 Å². The monoisotopic (exact) mass is 335 g/mol. The van der Waals surface area contributed by atoms with Crippen molar-refractivity contribution in [1.29, 1.82) is 5.26 Å². The van der Waals surface area contributed by atoms with E-state index in [1.54, 1.807) is 11.3 Å². The van der Waals surface area contributed by atoms with Gasteiger partial charge in [-0.15, -0.1) is 11.3 Å². The van der Waals surface area contributed by atoms with E-state index in [2.05, 4.69) is 52.0 Å². The van der Waals surface area contributed by atoms with E-state index in [-0.39, 0.29) is 18.3 Å². The summed E-state index contributed by atoms with van der Waals surface area (Å²) >= 11 is 1.74. The highest BCUT2D eigenvalue weighted by atomic mass is 32.1. The number of hydrogen-bond donors (Lipinski definition) is 0. The highest BCUT2D eigenvalue weighted by molar-refractivity contribution is 7.25. The number of fused-ring (bicyclic) bond motifs is 3. The zero-order valence-corrected chi connectivity index (χ0v) is 15.0. The molecule has 4 rings (SSSR count). The van der Waals surface area contributed by atoms with Crippen LogP contribution in [0.25, 0.3) is 20.2 Å². The fourth-order valence-electron chi connectivity index (χ4n) is 2.99. The molecule has 1 aromatic heterocycles. The van der Waals surface area contributed by atoms with Crippen LogP contribution in [-0.4, -0.2) is 18.3 Å². The Kier molecular flexibility index (Phi) is 3.30. The Morgan fingerprint density at radius 2 is 1.50 bits per heavy atom. The number of nitriles is 1. The molecule has 1 saturated heterocycles. The number of rotatable bonds is 1. The molecule has 0 N–H and O–H groups in total. The van der Waals surface area contributed by atoms with Gasteiger partial charge in [-0.05, 0) is 57.4 Å². The second-order valence-electron chi connectivity index (χ2n) is 7.27. The van der Waals surface area contributed by atoms with Gasteiger partial charge >= 0.3 is 7.12 Å². The SMILES string of the molecule is CC1(C)OB(c2ccc3sc4ccc(C#N)cc4c3c2)OC1(C)C. The van der Waals surface area contributed by atoms with Crippen molar-refractivity contribution < 1.29 is 9.31 Å². The van der Waals surface area contributed by atoms with Crippen molar-refractivity contribution in [3.8, 4) is 6.07 Å². The van der Waals surface area contributed by atoms with Crippen molar-refractivity contribution >= 4 is 44.1 Å². The number of nitrogens with zero attached hydrogens (tertiary/aromatic N) is 1. The second kappa shape index (κ2) is 5.06. The summed E-state index contributed by atoms with van der Waals surface area (Å²) in [6.07, 6.45) is 0. The molecule has 2 heterocycles. The van der Waals surface area contributed by atoms with Crippen molar-refractivity contribution in [3.63, 3.8) is 0 Å². The Labute approximate surface area is 145 Å². The van der Waals surface area contributed by atoms with Crippen LogP contribution in [0.4, 0.5) is 0 Å². The van der Waals surface area contributed by atoms with Crippen LogP contribution in [0, 0.1) is 11.3 Å². The lowest BCUT2D eigenvalue weighted by atomic mass is 9.78. The van der Waals surface area contributed by atoms with Crippen LogP contribution >= 0.6 is 11.3 Å². The summed E-state index contributed by atoms with van der Waals surface area (Å²) < 4.78 is 14.7. The topological polar surface area (TPSA) is 42.2 Å². The lowest BCUT2D eigenvalue weighted by Crippen LogP contribution is -2.41. The van der Waals surface area contributed by atoms with Crippen LogP contribution in [-0.2, 0) is 9.31 Å². The highest BCUT2D eigenvalue weighted by Gasteiger charge is 2.51. The van der Waals surface area contributed by atoms with Crippen LogP contribution < -0.4 is 5.46 Å². The van der Waals surface area contributed by atoms with E-state index in [4.69, 9.17) is 14.6 Å². The molecular weight excluding hydrogens is 317 g/mol. The normalized spacial score (nSPS) is 19.0. The third kappa shape index (κ3) is 2.26. The summed E-state index contributed by atoms with van der Waals surface area (Å²) in [6, 6.07) is 14.4. The van der Waals surface area contributed by atoms with Gasteiger partial charge in [0.25, 0.3) is 0 Å². The highest BCUT2D eigenvalue weighted by Crippen LogP contribution is 2.38. The smallest absolute Gasteiger partial charge is 0.399 e. The van der Waals surface area contributed by atoms with E-state index in [0.29, 0.717) is 5.56 Å². The second-order valence-corrected chi connectivity index (χ2v) is 8.35. The molecule has 1 aliphatic rings. The first-order valence-corrected chi connectivity index (χ1v) is 8.84. The first kappa shape index (κ1) is 15.7. The third-order valence-corrected chi connectivity index (χ3v) is 6.30. The summed E-state index contributed by atoms with van der Waals surface area (Å²) in [7, 11) is -0.367. The van der Waals surface area contributed by atoms with Gasteiger partial charge in [-0.3, -0.25) is 0 Å². The maximum atomic E-state index is 9.16. The molecule has 0 saturated carbocycles. The van der Waals surface area contributed by atoms with E-state index in [1.165, 1.54) is 9.40 Å². The molecule has 2 aromatic carbocycles. The minimum absolute atomic E-state index is 0.350. The van der Waals surface area contributed by atoms with Crippen molar-refractivity contribution in [1.82, 2.24) is 0 Å². The van der Waals surface area contributed by atoms with Crippen LogP contribution in [0.5, 0.6) is 0 Å². The Morgan fingerprint density at radius 3 is 2.12 bits per heavy atom. The van der Waals surface area contributed by atoms with Gasteiger partial charge in [0.1, 0.15) is 0 Å². The van der Waals surface area contributed by atoms with Crippen molar-refractivity contribution in [2.45, 2.75) is 38.9 Å². The predicted molar refractivity (Wildman–Crippen MR) is 99.8 cm³/mol. The molecule has 3 aromatic rings. The van der Waals surface area contributed by atoms with Crippen LogP contribution in [0.3, 0.4) is 0 Å². The molecule has 1 aliphatic heterocycles. The molecular formula is C19H18BNO2S. The van der Waals surface area contributed by atoms with Gasteiger partial charge < -0.3 is 9.31 Å². The molecule has 24 heavy (non-hydrogen) atoms. The summed E-state index contributed by atoms with van der Waals surface area (Å²) in [6.45, 7) is 8.24. The quantitative estimate of drug-likeness (QED) is 0.625. The fourth-order valence-corrected chi connectivity index (χ4v) is 4.06. The molecule has 3 nitrogen and oxygen atoms in total. The van der Waals surface area contributed by atoms with E-state index in [9.17, 15) is 0 Å². The van der Waals surface area contributed by atoms with Crippen LogP contribution in [0.2, 0.25) is 0 Å². The Morgan fingerprint density at radius 1 is 0.917 bits per heavy atom. The summed E-state index contributed by atoms with van der Waals surface area (Å²) in [4.78, 5) is 0. The van der Waals surface area contributed by atoms with Gasteiger partial charge in [0.15, 0.2) is 0 Å². The fraction of sp³-hybridized carbons (Fsp3) is 0.316. The molecule has 0 spiro atoms. The lowest BCUT2D eigenvalue weighted by Gasteiger charge is -2.32. The summed E-state index contributed by atoms with van der Waals surface area (Å²) in [5.41, 5.74) is 1.00. The molecule has 0 amide bonds. The minimum atomic E-state index is -0.367. The maximum absolute atomic E-state index is 9.16. The standard InChI is InChI=1S/C19H18BNO2S/c1-18(2)19(3,4)23-20(22-18)13-6-8-17-15(10-13)14-9-12(11-21)5-7-16(14)24-17/h5-10H,1-4H3. The molecule has 0 unspecified atom stereocenters. The minimum Gasteiger partial charge on any atom is -0.399 e. The first-order chi connectivity index (χ1) is 11.3. The van der Waals surface area contributed by atoms with Crippen LogP contribution in [0.1, 0.15) is 33.3 Å². The van der Waals surface area contributed by atoms with Gasteiger partial charge in [-0.2, -0.15) is 5.26 Å². The van der Waals surface area contributed by atoms with E-state index in [0.717, 1.165) is 16.2 Å². The largest absolute Gasteiger partial charge is 0.494 e. The molecule has 0 atom stereocenters. The van der Waals surface area contributed by atoms with E-state index >= 15 is 0 Å². The Bertz CT molecular complexity index is 984. The molecule has 0 bridgehead atoms. The van der Waals surface area contributed by atoms with Gasteiger partial charge in [0.2, 0.25) is 0 Å². The number of hydrogen-bond acceptors (Lipinski definition) is 4. The van der Waals surface area contributed by atoms with Gasteiger partial charge in [0, 0.05) is 20.2 Å². The summed E-state index contributed by atoms with van der Waals surface area (Å²) in [5, 5.41) is 11.4. The third-order valence-electron chi connectivity index (χ3n) is 5.15. The number of benzene rings is 2. The van der Waals surface area contributed by atoms with E-state index < -0.39 is 0 Å².